The summed E-state index contributed by atoms with van der Waals surface area (Å²) < 4.78 is 1.54. The van der Waals surface area contributed by atoms with Crippen LogP contribution < -0.4 is 10.2 Å². The molecule has 1 N–H and O–H groups in total. The summed E-state index contributed by atoms with van der Waals surface area (Å²) in [5.41, 5.74) is 3.11. The molecule has 1 heterocycles. The molecule has 4 rings (SSSR count). The predicted octanol–water partition coefficient (Wildman–Crippen LogP) is 4.57. The minimum atomic E-state index is -0.918. The van der Waals surface area contributed by atoms with Gasteiger partial charge in [-0.2, -0.15) is 0 Å². The van der Waals surface area contributed by atoms with Gasteiger partial charge in [0.1, 0.15) is 18.1 Å². The van der Waals surface area contributed by atoms with Gasteiger partial charge in [0.25, 0.3) is 0 Å². The number of nitrogens with one attached hydrogen (secondary N) is 1. The molecule has 2 amide bonds. The molecule has 1 aromatic heterocycles. The number of nitrogens with zero attached hydrogens (tertiary/aromatic N) is 4. The number of ketones is 1. The molecule has 0 unspecified atom stereocenters. The van der Waals surface area contributed by atoms with Gasteiger partial charge >= 0.3 is 0 Å². The lowest BCUT2D eigenvalue weighted by atomic mass is 10.0. The van der Waals surface area contributed by atoms with E-state index in [-0.39, 0.29) is 24.1 Å². The molecule has 0 saturated heterocycles. The monoisotopic (exact) mass is 497 g/mol. The van der Waals surface area contributed by atoms with Crippen LogP contribution in [0.5, 0.6) is 0 Å². The topological polar surface area (TPSA) is 97.2 Å². The van der Waals surface area contributed by atoms with Gasteiger partial charge in [-0.05, 0) is 61.2 Å². The quantitative estimate of drug-likeness (QED) is 0.324. The molecule has 1 atom stereocenters. The Morgan fingerprint density at radius 1 is 0.919 bits per heavy atom. The molecule has 0 spiro atoms. The predicted molar refractivity (Wildman–Crippen MR) is 143 cm³/mol. The third kappa shape index (κ3) is 6.09. The first-order chi connectivity index (χ1) is 17.8. The third-order valence-electron chi connectivity index (χ3n) is 6.17. The Bertz CT molecular complexity index is 1380. The van der Waals surface area contributed by atoms with E-state index in [0.717, 1.165) is 11.9 Å². The molecule has 0 saturated carbocycles. The Morgan fingerprint density at radius 2 is 1.59 bits per heavy atom. The molecule has 8 heteroatoms. The largest absolute Gasteiger partial charge is 0.354 e. The number of hydrogen-bond acceptors (Lipinski definition) is 5. The molecule has 0 aliphatic carbocycles. The van der Waals surface area contributed by atoms with Crippen molar-refractivity contribution < 1.29 is 14.4 Å². The third-order valence-corrected chi connectivity index (χ3v) is 6.17. The van der Waals surface area contributed by atoms with E-state index in [1.807, 2.05) is 54.6 Å². The SMILES string of the molecule is CC(=O)c1ccc(N(C(=O)Cn2nnc3ccccc32)[C@H](C(=O)NCCC(C)C)c2ccccc2)cc1. The number of hydrogen-bond donors (Lipinski definition) is 1. The van der Waals surface area contributed by atoms with E-state index >= 15 is 0 Å². The van der Waals surface area contributed by atoms with Crippen LogP contribution in [0.3, 0.4) is 0 Å². The van der Waals surface area contributed by atoms with Gasteiger partial charge in [0.2, 0.25) is 11.8 Å². The summed E-state index contributed by atoms with van der Waals surface area (Å²) >= 11 is 0. The second-order valence-corrected chi connectivity index (χ2v) is 9.39. The van der Waals surface area contributed by atoms with Crippen LogP contribution in [0.15, 0.2) is 78.9 Å². The highest BCUT2D eigenvalue weighted by Gasteiger charge is 2.33. The molecule has 8 nitrogen and oxygen atoms in total. The average Bonchev–Trinajstić information content (AvgIpc) is 3.30. The number of para-hydroxylation sites is 1. The minimum absolute atomic E-state index is 0.0791. The summed E-state index contributed by atoms with van der Waals surface area (Å²) in [6.45, 7) is 6.06. The van der Waals surface area contributed by atoms with E-state index < -0.39 is 6.04 Å². The van der Waals surface area contributed by atoms with Crippen molar-refractivity contribution in [2.75, 3.05) is 11.4 Å². The summed E-state index contributed by atoms with van der Waals surface area (Å²) in [5.74, 6) is -0.268. The maximum Gasteiger partial charge on any atom is 0.249 e. The average molecular weight is 498 g/mol. The fourth-order valence-corrected chi connectivity index (χ4v) is 4.17. The number of carbonyl (C=O) groups is 3. The lowest BCUT2D eigenvalue weighted by Crippen LogP contribution is -2.45. The van der Waals surface area contributed by atoms with Gasteiger partial charge in [-0.25, -0.2) is 4.68 Å². The van der Waals surface area contributed by atoms with Crippen LogP contribution in [0, 0.1) is 5.92 Å². The van der Waals surface area contributed by atoms with Crippen molar-refractivity contribution in [1.29, 1.82) is 0 Å². The molecular formula is C29H31N5O3. The van der Waals surface area contributed by atoms with Crippen LogP contribution in [-0.4, -0.2) is 39.1 Å². The van der Waals surface area contributed by atoms with Crippen LogP contribution in [-0.2, 0) is 16.1 Å². The summed E-state index contributed by atoms with van der Waals surface area (Å²) in [6, 6.07) is 22.4. The highest BCUT2D eigenvalue weighted by Crippen LogP contribution is 2.29. The van der Waals surface area contributed by atoms with Crippen molar-refractivity contribution in [2.24, 2.45) is 5.92 Å². The lowest BCUT2D eigenvalue weighted by molar-refractivity contribution is -0.127. The van der Waals surface area contributed by atoms with E-state index in [1.165, 1.54) is 16.5 Å². The Balaban J connectivity index is 1.76. The Morgan fingerprint density at radius 3 is 2.27 bits per heavy atom. The number of benzene rings is 3. The number of carbonyl (C=O) groups excluding carboxylic acids is 3. The standard InChI is InChI=1S/C29H31N5O3/c1-20(2)17-18-30-29(37)28(23-9-5-4-6-10-23)34(24-15-13-22(14-16-24)21(3)35)27(36)19-33-26-12-8-7-11-25(26)31-32-33/h4-16,20,28H,17-19H2,1-3H3,(H,30,37)/t28-/m0/s1. The Hall–Kier alpha value is -4.33. The number of fused-ring (bicyclic) bond motifs is 1. The van der Waals surface area contributed by atoms with E-state index in [2.05, 4.69) is 29.5 Å². The molecule has 0 aliphatic heterocycles. The maximum atomic E-state index is 14.0. The normalized spacial score (nSPS) is 11.9. The van der Waals surface area contributed by atoms with Crippen LogP contribution in [0.2, 0.25) is 0 Å². The second-order valence-electron chi connectivity index (χ2n) is 9.39. The van der Waals surface area contributed by atoms with E-state index in [1.54, 1.807) is 24.3 Å². The van der Waals surface area contributed by atoms with Gasteiger partial charge in [0.15, 0.2) is 5.78 Å². The van der Waals surface area contributed by atoms with Crippen LogP contribution in [0.4, 0.5) is 5.69 Å². The smallest absolute Gasteiger partial charge is 0.249 e. The van der Waals surface area contributed by atoms with Crippen molar-refractivity contribution in [3.05, 3.63) is 90.0 Å². The van der Waals surface area contributed by atoms with Crippen molar-refractivity contribution in [3.8, 4) is 0 Å². The van der Waals surface area contributed by atoms with Crippen molar-refractivity contribution in [1.82, 2.24) is 20.3 Å². The zero-order valence-corrected chi connectivity index (χ0v) is 21.3. The molecule has 190 valence electrons. The van der Waals surface area contributed by atoms with Gasteiger partial charge in [-0.1, -0.05) is 61.5 Å². The van der Waals surface area contributed by atoms with E-state index in [4.69, 9.17) is 0 Å². The zero-order chi connectivity index (χ0) is 26.4. The fraction of sp³-hybridized carbons (Fsp3) is 0.276. The van der Waals surface area contributed by atoms with Crippen molar-refractivity contribution in [2.45, 2.75) is 39.8 Å². The molecule has 0 aliphatic rings. The number of rotatable bonds is 10. The van der Waals surface area contributed by atoms with Gasteiger partial charge in [-0.3, -0.25) is 19.3 Å². The molecule has 37 heavy (non-hydrogen) atoms. The van der Waals surface area contributed by atoms with Crippen LogP contribution >= 0.6 is 0 Å². The van der Waals surface area contributed by atoms with E-state index in [0.29, 0.717) is 34.8 Å². The number of aromatic nitrogens is 3. The number of Topliss-reactive ketones (excluding diaryl/α,β-unsaturated/α-hetero) is 1. The zero-order valence-electron chi connectivity index (χ0n) is 21.3. The fourth-order valence-electron chi connectivity index (χ4n) is 4.17. The van der Waals surface area contributed by atoms with Gasteiger partial charge in [0.05, 0.1) is 5.52 Å². The van der Waals surface area contributed by atoms with E-state index in [9.17, 15) is 14.4 Å². The highest BCUT2D eigenvalue weighted by atomic mass is 16.2. The molecular weight excluding hydrogens is 466 g/mol. The summed E-state index contributed by atoms with van der Waals surface area (Å²) in [4.78, 5) is 41.0. The Labute approximate surface area is 216 Å². The first kappa shape index (κ1) is 25.8. The first-order valence-corrected chi connectivity index (χ1v) is 12.4. The van der Waals surface area contributed by atoms with Crippen molar-refractivity contribution >= 4 is 34.3 Å². The molecule has 4 aromatic rings. The molecule has 0 radical (unpaired) electrons. The second kappa shape index (κ2) is 11.6. The highest BCUT2D eigenvalue weighted by molar-refractivity contribution is 6.02. The molecule has 3 aromatic carbocycles. The molecule has 0 fully saturated rings. The lowest BCUT2D eigenvalue weighted by Gasteiger charge is -2.31. The summed E-state index contributed by atoms with van der Waals surface area (Å²) in [7, 11) is 0. The molecule has 0 bridgehead atoms. The first-order valence-electron chi connectivity index (χ1n) is 12.4. The summed E-state index contributed by atoms with van der Waals surface area (Å²) in [5, 5.41) is 11.3. The Kier molecular flexibility index (Phi) is 8.08. The number of amides is 2. The van der Waals surface area contributed by atoms with Gasteiger partial charge < -0.3 is 5.32 Å². The minimum Gasteiger partial charge on any atom is -0.354 e. The van der Waals surface area contributed by atoms with Crippen LogP contribution in [0.1, 0.15) is 49.2 Å². The summed E-state index contributed by atoms with van der Waals surface area (Å²) in [6.07, 6.45) is 0.819. The van der Waals surface area contributed by atoms with Gasteiger partial charge in [-0.15, -0.1) is 5.10 Å². The number of anilines is 1. The van der Waals surface area contributed by atoms with Crippen LogP contribution in [0.25, 0.3) is 11.0 Å². The van der Waals surface area contributed by atoms with Gasteiger partial charge in [0, 0.05) is 17.8 Å². The van der Waals surface area contributed by atoms with Crippen molar-refractivity contribution in [3.63, 3.8) is 0 Å². The maximum absolute atomic E-state index is 14.0.